The smallest absolute Gasteiger partial charge is 0.119 e. The van der Waals surface area contributed by atoms with Gasteiger partial charge in [-0.25, -0.2) is 0 Å². The molecule has 0 saturated heterocycles. The molecule has 1 aliphatic rings. The van der Waals surface area contributed by atoms with Crippen LogP contribution in [0.2, 0.25) is 0 Å². The Balaban J connectivity index is 1.74. The van der Waals surface area contributed by atoms with Crippen molar-refractivity contribution in [1.29, 1.82) is 0 Å². The van der Waals surface area contributed by atoms with E-state index >= 15 is 0 Å². The van der Waals surface area contributed by atoms with Crippen LogP contribution in [0.25, 0.3) is 0 Å². The summed E-state index contributed by atoms with van der Waals surface area (Å²) in [7, 11) is 0. The summed E-state index contributed by atoms with van der Waals surface area (Å²) in [5.41, 5.74) is 3.66. The first-order valence-corrected chi connectivity index (χ1v) is 9.88. The molecule has 0 bridgehead atoms. The molecule has 3 rings (SSSR count). The lowest BCUT2D eigenvalue weighted by molar-refractivity contribution is 0.458. The van der Waals surface area contributed by atoms with Crippen LogP contribution in [-0.4, -0.2) is 10.2 Å². The van der Waals surface area contributed by atoms with Gasteiger partial charge >= 0.3 is 0 Å². The van der Waals surface area contributed by atoms with Gasteiger partial charge in [0.05, 0.1) is 0 Å². The van der Waals surface area contributed by atoms with Gasteiger partial charge in [-0.05, 0) is 60.1 Å². The highest BCUT2D eigenvalue weighted by Gasteiger charge is 2.20. The molecule has 2 heteroatoms. The molecular formula is C24H30O2. The molecular weight excluding hydrogens is 320 g/mol. The summed E-state index contributed by atoms with van der Waals surface area (Å²) in [6, 6.07) is 13.7. The lowest BCUT2D eigenvalue weighted by atomic mass is 9.80. The van der Waals surface area contributed by atoms with Crippen LogP contribution in [0.5, 0.6) is 11.5 Å². The highest BCUT2D eigenvalue weighted by atomic mass is 16.3. The summed E-state index contributed by atoms with van der Waals surface area (Å²) in [6.07, 6.45) is 10.3. The summed E-state index contributed by atoms with van der Waals surface area (Å²) >= 11 is 0. The Morgan fingerprint density at radius 1 is 0.923 bits per heavy atom. The number of hydrogen-bond donors (Lipinski definition) is 2. The largest absolute Gasteiger partial charge is 0.508 e. The predicted molar refractivity (Wildman–Crippen MR) is 108 cm³/mol. The average Bonchev–Trinajstić information content (AvgIpc) is 2.67. The van der Waals surface area contributed by atoms with Gasteiger partial charge < -0.3 is 10.2 Å². The fourth-order valence-electron chi connectivity index (χ4n) is 3.96. The fourth-order valence-corrected chi connectivity index (χ4v) is 3.96. The van der Waals surface area contributed by atoms with E-state index in [0.29, 0.717) is 29.3 Å². The zero-order chi connectivity index (χ0) is 18.5. The molecule has 0 amide bonds. The number of phenols is 2. The highest BCUT2D eigenvalue weighted by Crippen LogP contribution is 2.38. The van der Waals surface area contributed by atoms with E-state index < -0.39 is 0 Å². The molecule has 2 aromatic rings. The molecule has 0 spiro atoms. The third-order valence-electron chi connectivity index (χ3n) is 5.69. The first-order chi connectivity index (χ1) is 12.6. The average molecular weight is 351 g/mol. The van der Waals surface area contributed by atoms with Crippen molar-refractivity contribution in [2.24, 2.45) is 0 Å². The van der Waals surface area contributed by atoms with Crippen LogP contribution in [0.15, 0.2) is 54.6 Å². The Hall–Kier alpha value is -2.22. The second-order valence-electron chi connectivity index (χ2n) is 7.63. The maximum Gasteiger partial charge on any atom is 0.119 e. The summed E-state index contributed by atoms with van der Waals surface area (Å²) < 4.78 is 0. The topological polar surface area (TPSA) is 40.5 Å². The zero-order valence-corrected chi connectivity index (χ0v) is 15.9. The van der Waals surface area contributed by atoms with Gasteiger partial charge in [0.25, 0.3) is 0 Å². The van der Waals surface area contributed by atoms with Crippen LogP contribution < -0.4 is 0 Å². The van der Waals surface area contributed by atoms with Gasteiger partial charge in [0, 0.05) is 11.8 Å². The molecule has 3 unspecified atom stereocenters. The van der Waals surface area contributed by atoms with E-state index in [1.807, 2.05) is 18.2 Å². The van der Waals surface area contributed by atoms with E-state index in [-0.39, 0.29) is 0 Å². The van der Waals surface area contributed by atoms with Crippen molar-refractivity contribution in [1.82, 2.24) is 0 Å². The predicted octanol–water partition coefficient (Wildman–Crippen LogP) is 6.61. The third kappa shape index (κ3) is 4.30. The van der Waals surface area contributed by atoms with E-state index in [2.05, 4.69) is 38.1 Å². The van der Waals surface area contributed by atoms with Crippen molar-refractivity contribution < 1.29 is 10.2 Å². The summed E-state index contributed by atoms with van der Waals surface area (Å²) in [5.74, 6) is 1.99. The summed E-state index contributed by atoms with van der Waals surface area (Å²) in [5, 5.41) is 19.7. The van der Waals surface area contributed by atoms with Crippen molar-refractivity contribution in [2.75, 3.05) is 0 Å². The zero-order valence-electron chi connectivity index (χ0n) is 15.9. The molecule has 0 radical (unpaired) electrons. The van der Waals surface area contributed by atoms with Gasteiger partial charge in [-0.3, -0.25) is 0 Å². The second kappa shape index (κ2) is 8.44. The van der Waals surface area contributed by atoms with Crippen LogP contribution in [0.1, 0.15) is 80.4 Å². The molecule has 3 atom stereocenters. The van der Waals surface area contributed by atoms with Crippen LogP contribution in [0, 0.1) is 0 Å². The molecule has 0 heterocycles. The highest BCUT2D eigenvalue weighted by molar-refractivity contribution is 5.41. The van der Waals surface area contributed by atoms with E-state index in [9.17, 15) is 10.2 Å². The van der Waals surface area contributed by atoms with E-state index in [1.165, 1.54) is 24.0 Å². The standard InChI is InChI=1S/C24H30O2/c1-3-4-5-17(2)23-16-21(12-15-24(23)26)20-8-6-18(7-9-20)19-10-13-22(25)14-11-19/h6,8,10-18,20,25-26H,3-5,7,9H2,1-2H3. The molecule has 0 aliphatic heterocycles. The Labute approximate surface area is 157 Å². The Bertz CT molecular complexity index is 745. The molecule has 0 fully saturated rings. The molecule has 2 nitrogen and oxygen atoms in total. The first kappa shape index (κ1) is 18.6. The third-order valence-corrected chi connectivity index (χ3v) is 5.69. The van der Waals surface area contributed by atoms with Crippen molar-refractivity contribution in [3.05, 3.63) is 71.3 Å². The van der Waals surface area contributed by atoms with Gasteiger partial charge in [0.2, 0.25) is 0 Å². The van der Waals surface area contributed by atoms with Crippen LogP contribution in [0.3, 0.4) is 0 Å². The van der Waals surface area contributed by atoms with E-state index in [1.54, 1.807) is 12.1 Å². The van der Waals surface area contributed by atoms with Crippen LogP contribution in [0.4, 0.5) is 0 Å². The number of hydrogen-bond acceptors (Lipinski definition) is 2. The minimum Gasteiger partial charge on any atom is -0.508 e. The van der Waals surface area contributed by atoms with Gasteiger partial charge in [0.15, 0.2) is 0 Å². The number of phenolic OH excluding ortho intramolecular Hbond substituents is 2. The molecule has 26 heavy (non-hydrogen) atoms. The van der Waals surface area contributed by atoms with E-state index in [0.717, 1.165) is 24.8 Å². The van der Waals surface area contributed by atoms with Crippen molar-refractivity contribution in [2.45, 2.75) is 63.7 Å². The number of rotatable bonds is 6. The number of aromatic hydroxyl groups is 2. The van der Waals surface area contributed by atoms with Gasteiger partial charge in [0.1, 0.15) is 11.5 Å². The minimum atomic E-state index is 0.320. The molecule has 138 valence electrons. The second-order valence-corrected chi connectivity index (χ2v) is 7.63. The van der Waals surface area contributed by atoms with Gasteiger partial charge in [-0.2, -0.15) is 0 Å². The lowest BCUT2D eigenvalue weighted by Crippen LogP contribution is -2.07. The SMILES string of the molecule is CCCCC(C)c1cc(C2C=CC(c3ccc(O)cc3)CC2)ccc1O. The normalized spacial score (nSPS) is 20.8. The monoisotopic (exact) mass is 350 g/mol. The summed E-state index contributed by atoms with van der Waals surface area (Å²) in [6.45, 7) is 4.42. The first-order valence-electron chi connectivity index (χ1n) is 9.88. The van der Waals surface area contributed by atoms with Crippen molar-refractivity contribution >= 4 is 0 Å². The maximum absolute atomic E-state index is 10.3. The van der Waals surface area contributed by atoms with Crippen LogP contribution >= 0.6 is 0 Å². The molecule has 1 aliphatic carbocycles. The fraction of sp³-hybridized carbons (Fsp3) is 0.417. The van der Waals surface area contributed by atoms with Gasteiger partial charge in [-0.1, -0.05) is 63.1 Å². The Morgan fingerprint density at radius 3 is 2.15 bits per heavy atom. The lowest BCUT2D eigenvalue weighted by Gasteiger charge is -2.25. The molecule has 0 saturated carbocycles. The van der Waals surface area contributed by atoms with Crippen molar-refractivity contribution in [3.63, 3.8) is 0 Å². The van der Waals surface area contributed by atoms with Crippen LogP contribution in [-0.2, 0) is 0 Å². The van der Waals surface area contributed by atoms with Crippen molar-refractivity contribution in [3.8, 4) is 11.5 Å². The number of unbranched alkanes of at least 4 members (excludes halogenated alkanes) is 1. The summed E-state index contributed by atoms with van der Waals surface area (Å²) in [4.78, 5) is 0. The molecule has 0 aromatic heterocycles. The minimum absolute atomic E-state index is 0.320. The number of allylic oxidation sites excluding steroid dienone is 2. The molecule has 2 aromatic carbocycles. The maximum atomic E-state index is 10.3. The Morgan fingerprint density at radius 2 is 1.54 bits per heavy atom. The number of benzene rings is 2. The van der Waals surface area contributed by atoms with E-state index in [4.69, 9.17) is 0 Å². The Kier molecular flexibility index (Phi) is 6.03. The quantitative estimate of drug-likeness (QED) is 0.576. The van der Waals surface area contributed by atoms with Gasteiger partial charge in [-0.15, -0.1) is 0 Å². The molecule has 2 N–H and O–H groups in total.